The summed E-state index contributed by atoms with van der Waals surface area (Å²) in [5.74, 6) is 0.0918. The van der Waals surface area contributed by atoms with Gasteiger partial charge in [-0.3, -0.25) is 0 Å². The van der Waals surface area contributed by atoms with Crippen molar-refractivity contribution >= 4 is 5.97 Å². The van der Waals surface area contributed by atoms with Crippen molar-refractivity contribution in [3.05, 3.63) is 23.9 Å². The van der Waals surface area contributed by atoms with Gasteiger partial charge in [-0.15, -0.1) is 0 Å². The molecule has 100 valence electrons. The smallest absolute Gasteiger partial charge is 0.339 e. The Balaban J connectivity index is 2.52. The number of aromatic nitrogens is 1. The second kappa shape index (κ2) is 7.66. The minimum absolute atomic E-state index is 0.0779. The molecule has 1 aromatic rings. The van der Waals surface area contributed by atoms with E-state index < -0.39 is 0 Å². The molecule has 1 atom stereocenters. The van der Waals surface area contributed by atoms with E-state index in [1.807, 2.05) is 13.8 Å². The van der Waals surface area contributed by atoms with Crippen LogP contribution in [0.15, 0.2) is 18.3 Å². The zero-order valence-corrected chi connectivity index (χ0v) is 11.0. The maximum atomic E-state index is 11.4. The number of carbonyl (C=O) groups excluding carboxylic acids is 1. The Kier molecular flexibility index (Phi) is 6.14. The first-order valence-corrected chi connectivity index (χ1v) is 6.05. The lowest BCUT2D eigenvalue weighted by atomic mass is 10.3. The minimum Gasteiger partial charge on any atom is -0.472 e. The summed E-state index contributed by atoms with van der Waals surface area (Å²) in [5, 5.41) is 0. The summed E-state index contributed by atoms with van der Waals surface area (Å²) < 4.78 is 15.6. The topological polar surface area (TPSA) is 57.7 Å². The average molecular weight is 253 g/mol. The fourth-order valence-corrected chi connectivity index (χ4v) is 1.31. The molecule has 0 aliphatic rings. The Morgan fingerprint density at radius 2 is 2.11 bits per heavy atom. The largest absolute Gasteiger partial charge is 0.472 e. The van der Waals surface area contributed by atoms with Gasteiger partial charge in [-0.1, -0.05) is 0 Å². The summed E-state index contributed by atoms with van der Waals surface area (Å²) in [6, 6.07) is 3.28. The van der Waals surface area contributed by atoms with Crippen LogP contribution in [0.25, 0.3) is 0 Å². The summed E-state index contributed by atoms with van der Waals surface area (Å²) in [4.78, 5) is 15.4. The molecule has 0 bridgehead atoms. The van der Waals surface area contributed by atoms with E-state index in [0.29, 0.717) is 31.3 Å². The van der Waals surface area contributed by atoms with Gasteiger partial charge in [0.25, 0.3) is 0 Å². The van der Waals surface area contributed by atoms with Crippen molar-refractivity contribution in [1.29, 1.82) is 0 Å². The number of ether oxygens (including phenoxy) is 3. The molecule has 0 radical (unpaired) electrons. The Hall–Kier alpha value is -1.62. The maximum Gasteiger partial charge on any atom is 0.339 e. The summed E-state index contributed by atoms with van der Waals surface area (Å²) in [7, 11) is 0. The number of hydrogen-bond donors (Lipinski definition) is 0. The molecule has 1 rings (SSSR count). The molecule has 18 heavy (non-hydrogen) atoms. The number of pyridine rings is 1. The van der Waals surface area contributed by atoms with E-state index in [0.717, 1.165) is 0 Å². The van der Waals surface area contributed by atoms with Crippen LogP contribution in [0.3, 0.4) is 0 Å². The van der Waals surface area contributed by atoms with Gasteiger partial charge in [0.2, 0.25) is 5.88 Å². The molecule has 0 N–H and O–H groups in total. The van der Waals surface area contributed by atoms with Crippen LogP contribution in [0, 0.1) is 0 Å². The third-order valence-electron chi connectivity index (χ3n) is 2.13. The van der Waals surface area contributed by atoms with Gasteiger partial charge in [0.15, 0.2) is 0 Å². The van der Waals surface area contributed by atoms with Crippen molar-refractivity contribution in [2.45, 2.75) is 26.9 Å². The van der Waals surface area contributed by atoms with E-state index in [1.165, 1.54) is 6.20 Å². The number of nitrogens with zero attached hydrogens (tertiary/aromatic N) is 1. The Bertz CT molecular complexity index is 364. The Morgan fingerprint density at radius 3 is 2.67 bits per heavy atom. The second-order valence-corrected chi connectivity index (χ2v) is 3.69. The highest BCUT2D eigenvalue weighted by molar-refractivity contribution is 5.89. The molecule has 0 aliphatic heterocycles. The lowest BCUT2D eigenvalue weighted by molar-refractivity contribution is 0.0524. The number of esters is 1. The highest BCUT2D eigenvalue weighted by Gasteiger charge is 2.09. The predicted molar refractivity (Wildman–Crippen MR) is 66.8 cm³/mol. The molecule has 0 saturated heterocycles. The van der Waals surface area contributed by atoms with Crippen LogP contribution in [-0.2, 0) is 9.47 Å². The molecule has 0 saturated carbocycles. The molecular formula is C13H19NO4. The number of carbonyl (C=O) groups is 1. The average Bonchev–Trinajstić information content (AvgIpc) is 2.37. The van der Waals surface area contributed by atoms with Crippen LogP contribution in [0.5, 0.6) is 5.88 Å². The van der Waals surface area contributed by atoms with E-state index >= 15 is 0 Å². The van der Waals surface area contributed by atoms with Crippen LogP contribution in [0.2, 0.25) is 0 Å². The van der Waals surface area contributed by atoms with Gasteiger partial charge in [-0.2, -0.15) is 0 Å². The lowest BCUT2D eigenvalue weighted by Crippen LogP contribution is -2.19. The van der Waals surface area contributed by atoms with Crippen LogP contribution < -0.4 is 4.74 Å². The minimum atomic E-state index is -0.376. The zero-order chi connectivity index (χ0) is 13.4. The molecular weight excluding hydrogens is 234 g/mol. The molecule has 0 amide bonds. The van der Waals surface area contributed by atoms with E-state index in [9.17, 15) is 4.79 Å². The van der Waals surface area contributed by atoms with Crippen molar-refractivity contribution in [3.8, 4) is 5.88 Å². The van der Waals surface area contributed by atoms with Gasteiger partial charge in [0.05, 0.1) is 18.8 Å². The van der Waals surface area contributed by atoms with Crippen LogP contribution in [-0.4, -0.2) is 36.9 Å². The zero-order valence-electron chi connectivity index (χ0n) is 11.0. The van der Waals surface area contributed by atoms with Gasteiger partial charge in [-0.25, -0.2) is 9.78 Å². The van der Waals surface area contributed by atoms with Gasteiger partial charge in [0.1, 0.15) is 6.10 Å². The Morgan fingerprint density at radius 1 is 1.33 bits per heavy atom. The second-order valence-electron chi connectivity index (χ2n) is 3.69. The molecule has 5 heteroatoms. The first kappa shape index (κ1) is 14.4. The van der Waals surface area contributed by atoms with Gasteiger partial charge in [0, 0.05) is 18.9 Å². The standard InChI is InChI=1S/C13H19NO4/c1-4-16-9-10(3)18-12-7-6-11(8-14-12)13(15)17-5-2/h6-8,10H,4-5,9H2,1-3H3. The van der Waals surface area contributed by atoms with Crippen LogP contribution >= 0.6 is 0 Å². The van der Waals surface area contributed by atoms with Crippen LogP contribution in [0.1, 0.15) is 31.1 Å². The first-order chi connectivity index (χ1) is 8.67. The predicted octanol–water partition coefficient (Wildman–Crippen LogP) is 2.06. The molecule has 0 spiro atoms. The normalized spacial score (nSPS) is 11.9. The highest BCUT2D eigenvalue weighted by atomic mass is 16.5. The van der Waals surface area contributed by atoms with Gasteiger partial charge >= 0.3 is 5.97 Å². The molecule has 1 aromatic heterocycles. The van der Waals surface area contributed by atoms with Crippen LogP contribution in [0.4, 0.5) is 0 Å². The van der Waals surface area contributed by atoms with Crippen molar-refractivity contribution in [3.63, 3.8) is 0 Å². The highest BCUT2D eigenvalue weighted by Crippen LogP contribution is 2.10. The van der Waals surface area contributed by atoms with Crippen molar-refractivity contribution in [1.82, 2.24) is 4.98 Å². The number of hydrogen-bond acceptors (Lipinski definition) is 5. The monoisotopic (exact) mass is 253 g/mol. The molecule has 5 nitrogen and oxygen atoms in total. The SMILES string of the molecule is CCOCC(C)Oc1ccc(C(=O)OCC)cn1. The molecule has 1 heterocycles. The molecule has 0 aliphatic carbocycles. The van der Waals surface area contributed by atoms with Crippen molar-refractivity contribution in [2.24, 2.45) is 0 Å². The van der Waals surface area contributed by atoms with Crippen molar-refractivity contribution < 1.29 is 19.0 Å². The summed E-state index contributed by atoms with van der Waals surface area (Å²) in [5.41, 5.74) is 0.418. The van der Waals surface area contributed by atoms with E-state index in [-0.39, 0.29) is 12.1 Å². The molecule has 0 fully saturated rings. The number of rotatable bonds is 7. The summed E-state index contributed by atoms with van der Waals surface area (Å²) in [6.07, 6.45) is 1.37. The molecule has 1 unspecified atom stereocenters. The fourth-order valence-electron chi connectivity index (χ4n) is 1.31. The summed E-state index contributed by atoms with van der Waals surface area (Å²) >= 11 is 0. The third-order valence-corrected chi connectivity index (χ3v) is 2.13. The maximum absolute atomic E-state index is 11.4. The van der Waals surface area contributed by atoms with E-state index in [4.69, 9.17) is 14.2 Å². The quantitative estimate of drug-likeness (QED) is 0.696. The Labute approximate surface area is 107 Å². The van der Waals surface area contributed by atoms with Crippen molar-refractivity contribution in [2.75, 3.05) is 19.8 Å². The lowest BCUT2D eigenvalue weighted by Gasteiger charge is -2.13. The first-order valence-electron chi connectivity index (χ1n) is 6.05. The van der Waals surface area contributed by atoms with E-state index in [2.05, 4.69) is 4.98 Å². The third kappa shape index (κ3) is 4.71. The van der Waals surface area contributed by atoms with Gasteiger partial charge in [-0.05, 0) is 26.8 Å². The van der Waals surface area contributed by atoms with Gasteiger partial charge < -0.3 is 14.2 Å². The fraction of sp³-hybridized carbons (Fsp3) is 0.538. The summed E-state index contributed by atoms with van der Waals surface area (Å²) in [6.45, 7) is 7.11. The van der Waals surface area contributed by atoms with E-state index in [1.54, 1.807) is 19.1 Å². The molecule has 0 aromatic carbocycles.